The summed E-state index contributed by atoms with van der Waals surface area (Å²) >= 11 is 7.96. The lowest BCUT2D eigenvalue weighted by Crippen LogP contribution is -2.44. The number of piperidine rings is 1. The van der Waals surface area contributed by atoms with E-state index in [0.717, 1.165) is 43.9 Å². The Morgan fingerprint density at radius 2 is 1.97 bits per heavy atom. The fourth-order valence-corrected chi connectivity index (χ4v) is 6.70. The molecule has 2 N–H and O–H groups in total. The summed E-state index contributed by atoms with van der Waals surface area (Å²) in [7, 11) is 0. The van der Waals surface area contributed by atoms with E-state index in [4.69, 9.17) is 17.3 Å². The minimum Gasteiger partial charge on any atom is -0.355 e. The summed E-state index contributed by atoms with van der Waals surface area (Å²) in [5, 5.41) is 1.24. The van der Waals surface area contributed by atoms with Crippen molar-refractivity contribution in [2.24, 2.45) is 11.1 Å². The molecule has 38 heavy (non-hydrogen) atoms. The number of hydrogen-bond acceptors (Lipinski definition) is 9. The van der Waals surface area contributed by atoms with Gasteiger partial charge in [-0.05, 0) is 55.4 Å². The Bertz CT molecular complexity index is 1600. The van der Waals surface area contributed by atoms with E-state index in [1.54, 1.807) is 18.5 Å². The SMILES string of the molecule is CC(=O)Cn1cnc2ccc(Sc3cnc(N4CCC5(CC4)Cc4ncccc4[C@H]5N)cn3)c(Cl)c2c1=O. The molecule has 4 aromatic rings. The Morgan fingerprint density at radius 3 is 2.68 bits per heavy atom. The van der Waals surface area contributed by atoms with E-state index in [9.17, 15) is 9.59 Å². The third-order valence-electron chi connectivity index (χ3n) is 7.64. The number of aromatic nitrogens is 5. The van der Waals surface area contributed by atoms with Crippen molar-refractivity contribution in [2.45, 2.75) is 48.7 Å². The number of ketones is 1. The number of halogens is 1. The van der Waals surface area contributed by atoms with Gasteiger partial charge in [-0.15, -0.1) is 0 Å². The molecule has 0 bridgehead atoms. The molecule has 1 fully saturated rings. The van der Waals surface area contributed by atoms with Crippen LogP contribution in [0.5, 0.6) is 0 Å². The predicted molar refractivity (Wildman–Crippen MR) is 147 cm³/mol. The van der Waals surface area contributed by atoms with Crippen molar-refractivity contribution < 1.29 is 4.79 Å². The third kappa shape index (κ3) is 4.36. The molecule has 11 heteroatoms. The van der Waals surface area contributed by atoms with E-state index in [1.165, 1.54) is 35.1 Å². The van der Waals surface area contributed by atoms with Crippen LogP contribution in [-0.4, -0.2) is 43.4 Å². The minimum atomic E-state index is -0.345. The van der Waals surface area contributed by atoms with Crippen molar-refractivity contribution in [3.8, 4) is 0 Å². The summed E-state index contributed by atoms with van der Waals surface area (Å²) in [4.78, 5) is 45.5. The van der Waals surface area contributed by atoms with Crippen LogP contribution in [0.15, 0.2) is 63.9 Å². The van der Waals surface area contributed by atoms with Crippen molar-refractivity contribution in [3.63, 3.8) is 0 Å². The summed E-state index contributed by atoms with van der Waals surface area (Å²) in [5.41, 5.74) is 9.19. The zero-order chi connectivity index (χ0) is 26.4. The number of anilines is 1. The van der Waals surface area contributed by atoms with E-state index < -0.39 is 0 Å². The maximum absolute atomic E-state index is 12.9. The fourth-order valence-electron chi connectivity index (χ4n) is 5.58. The van der Waals surface area contributed by atoms with Gasteiger partial charge in [-0.25, -0.2) is 15.0 Å². The van der Waals surface area contributed by atoms with Crippen molar-refractivity contribution in [2.75, 3.05) is 18.0 Å². The number of rotatable bonds is 5. The Kier molecular flexibility index (Phi) is 6.41. The number of carbonyl (C=O) groups excluding carboxylic acids is 1. The van der Waals surface area contributed by atoms with Gasteiger partial charge in [-0.2, -0.15) is 0 Å². The first-order chi connectivity index (χ1) is 18.3. The van der Waals surface area contributed by atoms with Crippen LogP contribution < -0.4 is 16.2 Å². The minimum absolute atomic E-state index is 0.0201. The van der Waals surface area contributed by atoms with Crippen LogP contribution in [0, 0.1) is 5.41 Å². The lowest BCUT2D eigenvalue weighted by atomic mass is 9.73. The first-order valence-corrected chi connectivity index (χ1v) is 13.7. The molecule has 6 rings (SSSR count). The molecule has 1 aliphatic heterocycles. The van der Waals surface area contributed by atoms with Crippen molar-refractivity contribution in [1.82, 2.24) is 24.5 Å². The molecule has 3 aromatic heterocycles. The number of pyridine rings is 1. The van der Waals surface area contributed by atoms with Gasteiger partial charge in [0.25, 0.3) is 5.56 Å². The normalized spacial score (nSPS) is 18.2. The molecule has 4 heterocycles. The zero-order valence-electron chi connectivity index (χ0n) is 20.8. The molecule has 0 radical (unpaired) electrons. The predicted octanol–water partition coefficient (Wildman–Crippen LogP) is 3.82. The third-order valence-corrected chi connectivity index (χ3v) is 9.13. The molecular formula is C27H26ClN7O2S. The topological polar surface area (TPSA) is 120 Å². The van der Waals surface area contributed by atoms with Crippen molar-refractivity contribution in [1.29, 1.82) is 0 Å². The lowest BCUT2D eigenvalue weighted by Gasteiger charge is -2.42. The van der Waals surface area contributed by atoms with Gasteiger partial charge in [0.1, 0.15) is 16.6 Å². The van der Waals surface area contributed by atoms with Crippen LogP contribution in [-0.2, 0) is 17.8 Å². The highest BCUT2D eigenvalue weighted by molar-refractivity contribution is 7.99. The molecule has 1 aromatic carbocycles. The Morgan fingerprint density at radius 1 is 1.16 bits per heavy atom. The molecule has 0 unspecified atom stereocenters. The van der Waals surface area contributed by atoms with E-state index >= 15 is 0 Å². The highest BCUT2D eigenvalue weighted by Gasteiger charge is 2.46. The second kappa shape index (κ2) is 9.76. The summed E-state index contributed by atoms with van der Waals surface area (Å²) in [6.45, 7) is 3.10. The van der Waals surface area contributed by atoms with E-state index in [2.05, 4.69) is 30.9 Å². The highest BCUT2D eigenvalue weighted by Crippen LogP contribution is 2.50. The smallest absolute Gasteiger partial charge is 0.263 e. The van der Waals surface area contributed by atoms with Gasteiger partial charge < -0.3 is 10.6 Å². The molecule has 1 atom stereocenters. The van der Waals surface area contributed by atoms with Crippen LogP contribution in [0.4, 0.5) is 5.82 Å². The molecule has 0 saturated carbocycles. The van der Waals surface area contributed by atoms with Crippen molar-refractivity contribution >= 4 is 45.9 Å². The molecule has 0 amide bonds. The monoisotopic (exact) mass is 547 g/mol. The Hall–Kier alpha value is -3.34. The molecule has 2 aliphatic rings. The summed E-state index contributed by atoms with van der Waals surface area (Å²) < 4.78 is 1.27. The Balaban J connectivity index is 1.16. The number of nitrogens with two attached hydrogens (primary N) is 1. The second-order valence-corrected chi connectivity index (χ2v) is 11.4. The van der Waals surface area contributed by atoms with Crippen LogP contribution in [0.3, 0.4) is 0 Å². The second-order valence-electron chi connectivity index (χ2n) is 10.0. The van der Waals surface area contributed by atoms with Crippen LogP contribution in [0.2, 0.25) is 5.02 Å². The molecule has 194 valence electrons. The maximum atomic E-state index is 12.9. The van der Waals surface area contributed by atoms with Gasteiger partial charge in [0.05, 0.1) is 41.2 Å². The van der Waals surface area contributed by atoms with Gasteiger partial charge in [0, 0.05) is 35.9 Å². The summed E-state index contributed by atoms with van der Waals surface area (Å²) in [6.07, 6.45) is 9.61. The number of benzene rings is 1. The largest absolute Gasteiger partial charge is 0.355 e. The molecule has 9 nitrogen and oxygen atoms in total. The molecular weight excluding hydrogens is 522 g/mol. The van der Waals surface area contributed by atoms with Crippen LogP contribution >= 0.6 is 23.4 Å². The van der Waals surface area contributed by atoms with Crippen LogP contribution in [0.25, 0.3) is 10.9 Å². The van der Waals surface area contributed by atoms with Gasteiger partial charge >= 0.3 is 0 Å². The number of nitrogens with zero attached hydrogens (tertiary/aromatic N) is 6. The number of hydrogen-bond donors (Lipinski definition) is 1. The van der Waals surface area contributed by atoms with E-state index in [1.807, 2.05) is 18.3 Å². The van der Waals surface area contributed by atoms with E-state index in [0.29, 0.717) is 20.5 Å². The van der Waals surface area contributed by atoms with Gasteiger partial charge in [0.15, 0.2) is 0 Å². The summed E-state index contributed by atoms with van der Waals surface area (Å²) in [5.74, 6) is 0.690. The standard InChI is InChI=1S/C27H26ClN7O2S/c1-16(36)14-35-15-33-18-4-5-20(24(28)23(18)26(35)37)38-22-13-31-21(12-32-22)34-9-6-27(7-10-34)11-19-17(25(27)29)3-2-8-30-19/h2-5,8,12-13,15,25H,6-7,9-11,14,29H2,1H3/t25-/m1/s1. The molecule has 1 aliphatic carbocycles. The molecule has 1 spiro atoms. The van der Waals surface area contributed by atoms with E-state index in [-0.39, 0.29) is 34.7 Å². The van der Waals surface area contributed by atoms with Gasteiger partial charge in [-0.1, -0.05) is 29.4 Å². The quantitative estimate of drug-likeness (QED) is 0.397. The van der Waals surface area contributed by atoms with Gasteiger partial charge in [0.2, 0.25) is 0 Å². The van der Waals surface area contributed by atoms with Crippen molar-refractivity contribution in [3.05, 3.63) is 75.8 Å². The average Bonchev–Trinajstić information content (AvgIpc) is 3.19. The first-order valence-electron chi connectivity index (χ1n) is 12.5. The first kappa shape index (κ1) is 25.0. The zero-order valence-corrected chi connectivity index (χ0v) is 22.4. The number of Topliss-reactive ketones (excluding diaryl/α,β-unsaturated/α-hetero) is 1. The average molecular weight is 548 g/mol. The Labute approximate surface area is 228 Å². The number of carbonyl (C=O) groups is 1. The van der Waals surface area contributed by atoms with Crippen LogP contribution in [0.1, 0.15) is 37.1 Å². The maximum Gasteiger partial charge on any atom is 0.263 e. The van der Waals surface area contributed by atoms with Gasteiger partial charge in [-0.3, -0.25) is 19.1 Å². The lowest BCUT2D eigenvalue weighted by molar-refractivity contribution is -0.117. The number of fused-ring (bicyclic) bond motifs is 2. The fraction of sp³-hybridized carbons (Fsp3) is 0.333. The summed E-state index contributed by atoms with van der Waals surface area (Å²) in [6, 6.07) is 7.65. The highest BCUT2D eigenvalue weighted by atomic mass is 35.5. The molecule has 1 saturated heterocycles.